The molecule has 3 rings (SSSR count). The van der Waals surface area contributed by atoms with Crippen LogP contribution in [0.3, 0.4) is 0 Å². The summed E-state index contributed by atoms with van der Waals surface area (Å²) in [5.74, 6) is 0. The molecule has 3 heterocycles. The average Bonchev–Trinajstić information content (AvgIpc) is 3.19. The molecule has 114 valence electrons. The molecule has 0 aliphatic carbocycles. The molecule has 2 aromatic heterocycles. The first-order valence-electron chi connectivity index (χ1n) is 7.01. The van der Waals surface area contributed by atoms with E-state index in [2.05, 4.69) is 20.9 Å². The second-order valence-corrected chi connectivity index (χ2v) is 6.17. The van der Waals surface area contributed by atoms with Gasteiger partial charge in [0.25, 0.3) is 0 Å². The van der Waals surface area contributed by atoms with E-state index < -0.39 is 0 Å². The molecule has 1 unspecified atom stereocenters. The zero-order chi connectivity index (χ0) is 15.7. The third kappa shape index (κ3) is 2.67. The van der Waals surface area contributed by atoms with Gasteiger partial charge in [0.1, 0.15) is 16.6 Å². The number of aryl methyl sites for hydroxylation is 2. The highest BCUT2D eigenvalue weighted by atomic mass is 32.1. The van der Waals surface area contributed by atoms with Gasteiger partial charge in [0, 0.05) is 19.3 Å². The number of carbonyl (C=O) groups is 1. The Morgan fingerprint density at radius 3 is 3.05 bits per heavy atom. The van der Waals surface area contributed by atoms with Gasteiger partial charge in [-0.2, -0.15) is 14.7 Å². The van der Waals surface area contributed by atoms with Crippen LogP contribution in [0.15, 0.2) is 12.4 Å². The topological polar surface area (TPSA) is 86.8 Å². The molecule has 1 aliphatic rings. The predicted molar refractivity (Wildman–Crippen MR) is 82.8 cm³/mol. The Morgan fingerprint density at radius 1 is 1.55 bits per heavy atom. The fourth-order valence-electron chi connectivity index (χ4n) is 2.54. The highest BCUT2D eigenvalue weighted by Gasteiger charge is 2.28. The van der Waals surface area contributed by atoms with Gasteiger partial charge < -0.3 is 4.90 Å². The van der Waals surface area contributed by atoms with E-state index >= 15 is 0 Å². The summed E-state index contributed by atoms with van der Waals surface area (Å²) in [4.78, 5) is 14.1. The monoisotopic (exact) mass is 316 g/mol. The second kappa shape index (κ2) is 5.77. The number of amides is 2. The van der Waals surface area contributed by atoms with Crippen LogP contribution in [-0.2, 0) is 0 Å². The summed E-state index contributed by atoms with van der Waals surface area (Å²) >= 11 is 1.14. The zero-order valence-corrected chi connectivity index (χ0v) is 13.2. The van der Waals surface area contributed by atoms with Crippen LogP contribution in [0.5, 0.6) is 0 Å². The zero-order valence-electron chi connectivity index (χ0n) is 12.4. The Kier molecular flexibility index (Phi) is 3.81. The number of rotatable bonds is 2. The number of nitriles is 1. The number of nitrogens with one attached hydrogen (secondary N) is 1. The summed E-state index contributed by atoms with van der Waals surface area (Å²) in [7, 11) is 0. The van der Waals surface area contributed by atoms with E-state index in [1.165, 1.54) is 0 Å². The van der Waals surface area contributed by atoms with Crippen molar-refractivity contribution in [2.75, 3.05) is 18.4 Å². The van der Waals surface area contributed by atoms with E-state index in [4.69, 9.17) is 5.26 Å². The molecule has 1 saturated heterocycles. The molecule has 0 bridgehead atoms. The first-order valence-corrected chi connectivity index (χ1v) is 7.79. The number of aromatic nitrogens is 3. The summed E-state index contributed by atoms with van der Waals surface area (Å²) in [6.45, 7) is 5.05. The van der Waals surface area contributed by atoms with Gasteiger partial charge in [-0.25, -0.2) is 4.79 Å². The first kappa shape index (κ1) is 14.5. The average molecular weight is 316 g/mol. The number of likely N-dealkylation sites (tertiary alicyclic amines) is 1. The Hall–Kier alpha value is -2.40. The van der Waals surface area contributed by atoms with Gasteiger partial charge in [-0.1, -0.05) is 0 Å². The maximum atomic E-state index is 12.3. The summed E-state index contributed by atoms with van der Waals surface area (Å²) in [5.41, 5.74) is 2.20. The first-order chi connectivity index (χ1) is 10.6. The minimum absolute atomic E-state index is 0.188. The van der Waals surface area contributed by atoms with Crippen LogP contribution in [0.25, 0.3) is 0 Å². The molecule has 1 atom stereocenters. The minimum Gasteiger partial charge on any atom is -0.322 e. The van der Waals surface area contributed by atoms with E-state index in [9.17, 15) is 4.79 Å². The van der Waals surface area contributed by atoms with E-state index in [1.54, 1.807) is 11.8 Å². The summed E-state index contributed by atoms with van der Waals surface area (Å²) < 4.78 is 6.02. The van der Waals surface area contributed by atoms with Gasteiger partial charge in [0.15, 0.2) is 0 Å². The van der Waals surface area contributed by atoms with Crippen LogP contribution in [0.2, 0.25) is 0 Å². The number of urea groups is 1. The van der Waals surface area contributed by atoms with Gasteiger partial charge >= 0.3 is 6.03 Å². The Balaban J connectivity index is 1.65. The Morgan fingerprint density at radius 2 is 2.36 bits per heavy atom. The van der Waals surface area contributed by atoms with E-state index in [1.807, 2.05) is 24.0 Å². The van der Waals surface area contributed by atoms with Crippen molar-refractivity contribution in [3.05, 3.63) is 29.2 Å². The molecule has 1 N–H and O–H groups in total. The Bertz CT molecular complexity index is 743. The van der Waals surface area contributed by atoms with Crippen LogP contribution < -0.4 is 5.32 Å². The standard InChI is InChI=1S/C14H16N6OS/c1-9-6-16-20(7-9)11-3-4-19(8-11)14(21)17-13-12(5-15)10(2)18-22-13/h6-7,11H,3-4,8H2,1-2H3,(H,17,21). The predicted octanol–water partition coefficient (Wildman–Crippen LogP) is 2.31. The molecular weight excluding hydrogens is 300 g/mol. The highest BCUT2D eigenvalue weighted by molar-refractivity contribution is 7.10. The van der Waals surface area contributed by atoms with Crippen molar-refractivity contribution in [1.82, 2.24) is 19.1 Å². The molecule has 7 nitrogen and oxygen atoms in total. The van der Waals surface area contributed by atoms with Crippen LogP contribution >= 0.6 is 11.5 Å². The molecule has 22 heavy (non-hydrogen) atoms. The molecule has 1 aliphatic heterocycles. The summed E-state index contributed by atoms with van der Waals surface area (Å²) in [6.07, 6.45) is 4.69. The van der Waals surface area contributed by atoms with E-state index in [0.717, 1.165) is 23.5 Å². The highest BCUT2D eigenvalue weighted by Crippen LogP contribution is 2.26. The number of anilines is 1. The molecule has 8 heteroatoms. The van der Waals surface area contributed by atoms with E-state index in [-0.39, 0.29) is 12.1 Å². The lowest BCUT2D eigenvalue weighted by atomic mass is 10.3. The number of nitrogens with zero attached hydrogens (tertiary/aromatic N) is 5. The van der Waals surface area contributed by atoms with Crippen molar-refractivity contribution < 1.29 is 4.79 Å². The smallest absolute Gasteiger partial charge is 0.322 e. The number of hydrogen-bond acceptors (Lipinski definition) is 5. The van der Waals surface area contributed by atoms with Crippen molar-refractivity contribution in [2.24, 2.45) is 0 Å². The van der Waals surface area contributed by atoms with Crippen molar-refractivity contribution in [1.29, 1.82) is 5.26 Å². The van der Waals surface area contributed by atoms with Gasteiger partial charge in [0.2, 0.25) is 0 Å². The lowest BCUT2D eigenvalue weighted by Gasteiger charge is -2.16. The summed E-state index contributed by atoms with van der Waals surface area (Å²) in [6, 6.07) is 2.10. The van der Waals surface area contributed by atoms with Gasteiger partial charge in [-0.3, -0.25) is 10.00 Å². The number of carbonyl (C=O) groups excluding carboxylic acids is 1. The van der Waals surface area contributed by atoms with Crippen LogP contribution in [0, 0.1) is 25.2 Å². The fraction of sp³-hybridized carbons (Fsp3) is 0.429. The fourth-order valence-corrected chi connectivity index (χ4v) is 3.27. The Labute approximate surface area is 132 Å². The quantitative estimate of drug-likeness (QED) is 0.921. The second-order valence-electron chi connectivity index (χ2n) is 5.40. The SMILES string of the molecule is Cc1cnn(C2CCN(C(=O)Nc3snc(C)c3C#N)C2)c1. The lowest BCUT2D eigenvalue weighted by Crippen LogP contribution is -2.33. The third-order valence-corrected chi connectivity index (χ3v) is 4.60. The lowest BCUT2D eigenvalue weighted by molar-refractivity contribution is 0.220. The van der Waals surface area contributed by atoms with Gasteiger partial charge in [-0.15, -0.1) is 0 Å². The third-order valence-electron chi connectivity index (χ3n) is 3.75. The molecule has 2 amide bonds. The molecule has 0 aromatic carbocycles. The van der Waals surface area contributed by atoms with E-state index in [0.29, 0.717) is 29.3 Å². The minimum atomic E-state index is -0.188. The van der Waals surface area contributed by atoms with Crippen LogP contribution in [-0.4, -0.2) is 38.2 Å². The van der Waals surface area contributed by atoms with Crippen molar-refractivity contribution in [3.63, 3.8) is 0 Å². The molecule has 0 spiro atoms. The van der Waals surface area contributed by atoms with Crippen molar-refractivity contribution in [2.45, 2.75) is 26.3 Å². The molecule has 0 radical (unpaired) electrons. The van der Waals surface area contributed by atoms with Crippen LogP contribution in [0.4, 0.5) is 9.80 Å². The van der Waals surface area contributed by atoms with Crippen molar-refractivity contribution in [3.8, 4) is 6.07 Å². The summed E-state index contributed by atoms with van der Waals surface area (Å²) in [5, 5.41) is 16.7. The largest absolute Gasteiger partial charge is 0.322 e. The maximum Gasteiger partial charge on any atom is 0.322 e. The van der Waals surface area contributed by atoms with Gasteiger partial charge in [-0.05, 0) is 37.4 Å². The van der Waals surface area contributed by atoms with Crippen molar-refractivity contribution >= 4 is 22.6 Å². The molecule has 0 saturated carbocycles. The van der Waals surface area contributed by atoms with Gasteiger partial charge in [0.05, 0.1) is 17.9 Å². The maximum absolute atomic E-state index is 12.3. The molecule has 2 aromatic rings. The van der Waals surface area contributed by atoms with Crippen LogP contribution in [0.1, 0.15) is 29.3 Å². The number of hydrogen-bond donors (Lipinski definition) is 1. The normalized spacial score (nSPS) is 17.5. The molecule has 1 fully saturated rings. The molecular formula is C14H16N6OS.